The molecule has 0 atom stereocenters. The lowest BCUT2D eigenvalue weighted by Crippen LogP contribution is -2.39. The quantitative estimate of drug-likeness (QED) is 0.250. The number of hydrogen-bond acceptors (Lipinski definition) is 3. The molecule has 1 aliphatic rings. The first-order valence-corrected chi connectivity index (χ1v) is 8.76. The average Bonchev–Trinajstić information content (AvgIpc) is 2.53. The first-order chi connectivity index (χ1) is 10.6. The Morgan fingerprint density at radius 2 is 1.87 bits per heavy atom. The molecule has 0 bridgehead atoms. The van der Waals surface area contributed by atoms with Gasteiger partial charge < -0.3 is 20.1 Å². The zero-order valence-electron chi connectivity index (χ0n) is 15.3. The SMILES string of the molecule is CCNC(=NCC(C)(C)OC)NCCCOC1CCCCC1.I. The Balaban J connectivity index is 0.00000484. The van der Waals surface area contributed by atoms with E-state index in [1.165, 1.54) is 32.1 Å². The Morgan fingerprint density at radius 1 is 1.17 bits per heavy atom. The van der Waals surface area contributed by atoms with Crippen molar-refractivity contribution >= 4 is 29.9 Å². The maximum atomic E-state index is 5.94. The zero-order valence-corrected chi connectivity index (χ0v) is 17.7. The summed E-state index contributed by atoms with van der Waals surface area (Å²) in [6.45, 7) is 9.36. The second-order valence-electron chi connectivity index (χ2n) is 6.57. The van der Waals surface area contributed by atoms with E-state index in [1.807, 2.05) is 13.8 Å². The van der Waals surface area contributed by atoms with Crippen LogP contribution in [0.15, 0.2) is 4.99 Å². The summed E-state index contributed by atoms with van der Waals surface area (Å²) in [5.41, 5.74) is -0.230. The molecule has 0 aromatic carbocycles. The Bertz CT molecular complexity index is 319. The highest BCUT2D eigenvalue weighted by molar-refractivity contribution is 14.0. The van der Waals surface area contributed by atoms with E-state index in [0.29, 0.717) is 12.6 Å². The van der Waals surface area contributed by atoms with Gasteiger partial charge in [-0.3, -0.25) is 4.99 Å². The minimum absolute atomic E-state index is 0. The smallest absolute Gasteiger partial charge is 0.191 e. The summed E-state index contributed by atoms with van der Waals surface area (Å²) < 4.78 is 11.3. The van der Waals surface area contributed by atoms with E-state index in [2.05, 4.69) is 22.5 Å². The second-order valence-corrected chi connectivity index (χ2v) is 6.57. The first-order valence-electron chi connectivity index (χ1n) is 8.76. The third-order valence-corrected chi connectivity index (χ3v) is 4.03. The van der Waals surface area contributed by atoms with Crippen molar-refractivity contribution < 1.29 is 9.47 Å². The van der Waals surface area contributed by atoms with Crippen LogP contribution >= 0.6 is 24.0 Å². The zero-order chi connectivity index (χ0) is 16.3. The lowest BCUT2D eigenvalue weighted by Gasteiger charge is -2.22. The number of rotatable bonds is 9. The molecule has 1 aliphatic carbocycles. The van der Waals surface area contributed by atoms with Crippen LogP contribution < -0.4 is 10.6 Å². The minimum atomic E-state index is -0.230. The van der Waals surface area contributed by atoms with Gasteiger partial charge in [0.25, 0.3) is 0 Å². The summed E-state index contributed by atoms with van der Waals surface area (Å²) >= 11 is 0. The van der Waals surface area contributed by atoms with Crippen LogP contribution in [0.2, 0.25) is 0 Å². The van der Waals surface area contributed by atoms with Gasteiger partial charge in [0.15, 0.2) is 5.96 Å². The summed E-state index contributed by atoms with van der Waals surface area (Å²) in [5, 5.41) is 6.62. The van der Waals surface area contributed by atoms with E-state index in [9.17, 15) is 0 Å². The van der Waals surface area contributed by atoms with Crippen LogP contribution in [-0.2, 0) is 9.47 Å². The summed E-state index contributed by atoms with van der Waals surface area (Å²) in [6.07, 6.45) is 8.02. The van der Waals surface area contributed by atoms with E-state index in [1.54, 1.807) is 7.11 Å². The van der Waals surface area contributed by atoms with Gasteiger partial charge in [-0.15, -0.1) is 24.0 Å². The van der Waals surface area contributed by atoms with E-state index in [0.717, 1.165) is 32.1 Å². The molecule has 0 radical (unpaired) electrons. The Kier molecular flexibility index (Phi) is 13.2. The van der Waals surface area contributed by atoms with Gasteiger partial charge in [0.05, 0.1) is 18.2 Å². The average molecular weight is 441 g/mol. The van der Waals surface area contributed by atoms with Crippen molar-refractivity contribution in [2.75, 3.05) is 33.4 Å². The number of halogens is 1. The van der Waals surface area contributed by atoms with Crippen molar-refractivity contribution in [2.24, 2.45) is 4.99 Å². The van der Waals surface area contributed by atoms with Crippen LogP contribution in [0.1, 0.15) is 59.3 Å². The molecule has 1 fully saturated rings. The van der Waals surface area contributed by atoms with Gasteiger partial charge in [-0.25, -0.2) is 0 Å². The lowest BCUT2D eigenvalue weighted by atomic mass is 9.98. The van der Waals surface area contributed by atoms with Crippen molar-refractivity contribution in [3.8, 4) is 0 Å². The van der Waals surface area contributed by atoms with Crippen molar-refractivity contribution in [3.63, 3.8) is 0 Å². The first kappa shape index (κ1) is 22.9. The molecule has 0 aromatic rings. The molecule has 1 saturated carbocycles. The summed E-state index contributed by atoms with van der Waals surface area (Å²) in [6, 6.07) is 0. The van der Waals surface area contributed by atoms with E-state index in [-0.39, 0.29) is 29.6 Å². The molecule has 6 heteroatoms. The van der Waals surface area contributed by atoms with Gasteiger partial charge in [-0.1, -0.05) is 19.3 Å². The van der Waals surface area contributed by atoms with Gasteiger partial charge >= 0.3 is 0 Å². The third kappa shape index (κ3) is 11.2. The standard InChI is InChI=1S/C17H35N3O2.HI/c1-5-18-16(20-14-17(2,3)21-4)19-12-9-13-22-15-10-7-6-8-11-15;/h15H,5-14H2,1-4H3,(H2,18,19,20);1H. The number of hydrogen-bond donors (Lipinski definition) is 2. The number of nitrogens with zero attached hydrogens (tertiary/aromatic N) is 1. The van der Waals surface area contributed by atoms with Gasteiger partial charge in [0.2, 0.25) is 0 Å². The third-order valence-electron chi connectivity index (χ3n) is 4.03. The largest absolute Gasteiger partial charge is 0.378 e. The molecule has 0 saturated heterocycles. The molecular weight excluding hydrogens is 405 g/mol. The Hall–Kier alpha value is -0.0800. The maximum Gasteiger partial charge on any atom is 0.191 e. The predicted octanol–water partition coefficient (Wildman–Crippen LogP) is 3.32. The summed E-state index contributed by atoms with van der Waals surface area (Å²) in [4.78, 5) is 4.57. The van der Waals surface area contributed by atoms with Crippen LogP contribution in [0.4, 0.5) is 0 Å². The molecule has 0 aliphatic heterocycles. The van der Waals surface area contributed by atoms with Crippen LogP contribution in [0, 0.1) is 0 Å². The molecule has 0 amide bonds. The van der Waals surface area contributed by atoms with E-state index >= 15 is 0 Å². The van der Waals surface area contributed by atoms with Crippen molar-refractivity contribution in [1.29, 1.82) is 0 Å². The van der Waals surface area contributed by atoms with E-state index in [4.69, 9.17) is 9.47 Å². The molecule has 5 nitrogen and oxygen atoms in total. The molecule has 0 spiro atoms. The van der Waals surface area contributed by atoms with Gasteiger partial charge in [0, 0.05) is 26.8 Å². The highest BCUT2D eigenvalue weighted by Gasteiger charge is 2.16. The number of guanidine groups is 1. The molecule has 0 heterocycles. The minimum Gasteiger partial charge on any atom is -0.378 e. The molecule has 138 valence electrons. The highest BCUT2D eigenvalue weighted by Crippen LogP contribution is 2.20. The lowest BCUT2D eigenvalue weighted by molar-refractivity contribution is 0.0275. The fourth-order valence-corrected chi connectivity index (χ4v) is 2.44. The second kappa shape index (κ2) is 13.2. The number of nitrogens with one attached hydrogen (secondary N) is 2. The van der Waals surface area contributed by atoms with Crippen LogP contribution in [-0.4, -0.2) is 51.0 Å². The highest BCUT2D eigenvalue weighted by atomic mass is 127. The molecule has 1 rings (SSSR count). The van der Waals surface area contributed by atoms with Gasteiger partial charge in [-0.05, 0) is 40.0 Å². The topological polar surface area (TPSA) is 54.9 Å². The fraction of sp³-hybridized carbons (Fsp3) is 0.941. The Labute approximate surface area is 159 Å². The monoisotopic (exact) mass is 441 g/mol. The number of aliphatic imine (C=N–C) groups is 1. The van der Waals surface area contributed by atoms with Crippen LogP contribution in [0.3, 0.4) is 0 Å². The predicted molar refractivity (Wildman–Crippen MR) is 108 cm³/mol. The van der Waals surface area contributed by atoms with Crippen LogP contribution in [0.25, 0.3) is 0 Å². The van der Waals surface area contributed by atoms with Gasteiger partial charge in [0.1, 0.15) is 0 Å². The normalized spacial score (nSPS) is 16.8. The summed E-state index contributed by atoms with van der Waals surface area (Å²) in [7, 11) is 1.72. The van der Waals surface area contributed by atoms with Gasteiger partial charge in [-0.2, -0.15) is 0 Å². The van der Waals surface area contributed by atoms with Crippen molar-refractivity contribution in [3.05, 3.63) is 0 Å². The van der Waals surface area contributed by atoms with Crippen molar-refractivity contribution in [1.82, 2.24) is 10.6 Å². The fourth-order valence-electron chi connectivity index (χ4n) is 2.44. The molecule has 0 aromatic heterocycles. The van der Waals surface area contributed by atoms with E-state index < -0.39 is 0 Å². The van der Waals surface area contributed by atoms with Crippen LogP contribution in [0.5, 0.6) is 0 Å². The number of methoxy groups -OCH3 is 1. The molecule has 0 unspecified atom stereocenters. The molecule has 2 N–H and O–H groups in total. The van der Waals surface area contributed by atoms with Crippen molar-refractivity contribution in [2.45, 2.75) is 71.0 Å². The molecule has 23 heavy (non-hydrogen) atoms. The molecular formula is C17H36IN3O2. The number of ether oxygens (including phenoxy) is 2. The summed E-state index contributed by atoms with van der Waals surface area (Å²) in [5.74, 6) is 0.852. The maximum absolute atomic E-state index is 5.94. The Morgan fingerprint density at radius 3 is 2.48 bits per heavy atom.